The molecule has 4 fully saturated rings. The van der Waals surface area contributed by atoms with Crippen LogP contribution in [0.1, 0.15) is 92.4 Å². The van der Waals surface area contributed by atoms with Crippen molar-refractivity contribution in [2.75, 3.05) is 0 Å². The van der Waals surface area contributed by atoms with Crippen LogP contribution in [0.3, 0.4) is 0 Å². The number of carbonyl (C=O) groups excluding carboxylic acids is 2. The van der Waals surface area contributed by atoms with E-state index in [1.807, 2.05) is 20.8 Å². The smallest absolute Gasteiger partial charge is 0.323 e. The lowest BCUT2D eigenvalue weighted by Gasteiger charge is -2.61. The van der Waals surface area contributed by atoms with E-state index in [9.17, 15) is 9.59 Å². The highest BCUT2D eigenvalue weighted by Crippen LogP contribution is 2.67. The minimum Gasteiger partial charge on any atom is -0.461 e. The Balaban J connectivity index is 1.45. The maximum atomic E-state index is 12.4. The van der Waals surface area contributed by atoms with Crippen molar-refractivity contribution in [1.29, 1.82) is 0 Å². The molecule has 0 heterocycles. The van der Waals surface area contributed by atoms with Gasteiger partial charge < -0.3 is 10.5 Å². The fourth-order valence-electron chi connectivity index (χ4n) is 8.51. The summed E-state index contributed by atoms with van der Waals surface area (Å²) in [7, 11) is 0. The minimum absolute atomic E-state index is 0.0411. The second kappa shape index (κ2) is 7.90. The van der Waals surface area contributed by atoms with Crippen molar-refractivity contribution >= 4 is 11.8 Å². The second-order valence-corrected chi connectivity index (χ2v) is 12.0. The van der Waals surface area contributed by atoms with E-state index in [0.717, 1.165) is 43.4 Å². The van der Waals surface area contributed by atoms with E-state index in [1.54, 1.807) is 0 Å². The molecule has 0 aromatic carbocycles. The van der Waals surface area contributed by atoms with Gasteiger partial charge in [-0.25, -0.2) is 0 Å². The molecule has 0 bridgehead atoms. The van der Waals surface area contributed by atoms with Gasteiger partial charge in [0.2, 0.25) is 0 Å². The zero-order valence-electron chi connectivity index (χ0n) is 19.8. The van der Waals surface area contributed by atoms with Gasteiger partial charge in [-0.15, -0.1) is 0 Å². The van der Waals surface area contributed by atoms with Crippen molar-refractivity contribution in [3.63, 3.8) is 0 Å². The average molecular weight is 418 g/mol. The topological polar surface area (TPSA) is 69.4 Å². The molecule has 4 heteroatoms. The van der Waals surface area contributed by atoms with Crippen LogP contribution in [0.2, 0.25) is 0 Å². The first kappa shape index (κ1) is 22.3. The molecule has 2 N–H and O–H groups in total. The molecule has 4 aliphatic carbocycles. The lowest BCUT2D eigenvalue weighted by Crippen LogP contribution is -2.54. The molecule has 0 spiro atoms. The number of carbonyl (C=O) groups is 2. The van der Waals surface area contributed by atoms with Crippen molar-refractivity contribution in [2.45, 2.75) is 105 Å². The van der Waals surface area contributed by atoms with Crippen molar-refractivity contribution < 1.29 is 14.3 Å². The third kappa shape index (κ3) is 3.45. The molecule has 4 rings (SSSR count). The molecule has 0 radical (unpaired) electrons. The molecule has 0 saturated heterocycles. The van der Waals surface area contributed by atoms with Crippen LogP contribution in [-0.2, 0) is 14.3 Å². The third-order valence-corrected chi connectivity index (χ3v) is 10.4. The van der Waals surface area contributed by atoms with Crippen LogP contribution >= 0.6 is 0 Å². The van der Waals surface area contributed by atoms with Gasteiger partial charge >= 0.3 is 5.97 Å². The van der Waals surface area contributed by atoms with Gasteiger partial charge in [0.25, 0.3) is 0 Å². The maximum Gasteiger partial charge on any atom is 0.323 e. The van der Waals surface area contributed by atoms with E-state index in [4.69, 9.17) is 10.5 Å². The number of nitrogens with two attached hydrogens (primary N) is 1. The summed E-state index contributed by atoms with van der Waals surface area (Å²) in [5, 5.41) is 0. The van der Waals surface area contributed by atoms with Gasteiger partial charge in [0.1, 0.15) is 17.9 Å². The molecule has 0 aliphatic heterocycles. The Hall–Kier alpha value is -0.900. The number of Topliss-reactive ketones (excluding diaryl/α,β-unsaturated/α-hetero) is 1. The molecule has 4 saturated carbocycles. The molecule has 170 valence electrons. The summed E-state index contributed by atoms with van der Waals surface area (Å²) in [6, 6.07) is -0.512. The van der Waals surface area contributed by atoms with Crippen LogP contribution in [-0.4, -0.2) is 23.9 Å². The first-order valence-corrected chi connectivity index (χ1v) is 12.5. The van der Waals surface area contributed by atoms with Crippen LogP contribution < -0.4 is 5.73 Å². The van der Waals surface area contributed by atoms with Crippen molar-refractivity contribution in [2.24, 2.45) is 52.1 Å². The lowest BCUT2D eigenvalue weighted by atomic mass is 9.44. The zero-order valence-corrected chi connectivity index (χ0v) is 19.8. The first-order valence-electron chi connectivity index (χ1n) is 12.5. The molecule has 30 heavy (non-hydrogen) atoms. The summed E-state index contributed by atoms with van der Waals surface area (Å²) < 4.78 is 5.87. The number of rotatable bonds is 4. The highest BCUT2D eigenvalue weighted by atomic mass is 16.5. The Morgan fingerprint density at radius 1 is 0.933 bits per heavy atom. The molecule has 4 aliphatic rings. The molecule has 0 unspecified atom stereocenters. The molecule has 0 amide bonds. The van der Waals surface area contributed by atoms with E-state index < -0.39 is 6.04 Å². The summed E-state index contributed by atoms with van der Waals surface area (Å²) in [5.41, 5.74) is 6.61. The summed E-state index contributed by atoms with van der Waals surface area (Å²) in [4.78, 5) is 24.7. The lowest BCUT2D eigenvalue weighted by molar-refractivity contribution is -0.165. The van der Waals surface area contributed by atoms with Crippen molar-refractivity contribution in [3.05, 3.63) is 0 Å². The van der Waals surface area contributed by atoms with Crippen LogP contribution in [0, 0.1) is 46.3 Å². The number of ether oxygens (including phenoxy) is 1. The largest absolute Gasteiger partial charge is 0.461 e. The average Bonchev–Trinajstić information content (AvgIpc) is 3.05. The van der Waals surface area contributed by atoms with Gasteiger partial charge in [0, 0.05) is 5.92 Å². The predicted octanol–water partition coefficient (Wildman–Crippen LogP) is 5.13. The van der Waals surface area contributed by atoms with Gasteiger partial charge in [-0.2, -0.15) is 0 Å². The SMILES string of the molecule is CC(=O)[C@H]1CC[C@H]2[C@@H]3CC[C@@H]4C[C@@H](OC(=O)[C@@H](N)C(C)C)CC[C@]4(C)[C@H]3CC[C@]12C. The van der Waals surface area contributed by atoms with E-state index in [2.05, 4.69) is 13.8 Å². The summed E-state index contributed by atoms with van der Waals surface area (Å²) >= 11 is 0. The highest BCUT2D eigenvalue weighted by Gasteiger charge is 2.60. The fourth-order valence-corrected chi connectivity index (χ4v) is 8.51. The van der Waals surface area contributed by atoms with E-state index in [-0.39, 0.29) is 29.3 Å². The standard InChI is InChI=1S/C26H43NO3/c1-15(2)23(27)24(29)30-18-10-12-25(4)17(14-18)6-7-19-21-9-8-20(16(3)28)26(21,5)13-11-22(19)25/h15,17-23H,6-14,27H2,1-5H3/t17-,18+,19+,20-,21+,22+,23+,25+,26-/m1/s1. The Morgan fingerprint density at radius 2 is 1.60 bits per heavy atom. The van der Waals surface area contributed by atoms with Gasteiger partial charge in [0.05, 0.1) is 0 Å². The third-order valence-electron chi connectivity index (χ3n) is 10.4. The number of ketones is 1. The Bertz CT molecular complexity index is 690. The summed E-state index contributed by atoms with van der Waals surface area (Å²) in [5.74, 6) is 3.52. The monoisotopic (exact) mass is 417 g/mol. The molecule has 0 aromatic rings. The quantitative estimate of drug-likeness (QED) is 0.644. The highest BCUT2D eigenvalue weighted by molar-refractivity contribution is 5.79. The number of hydrogen-bond acceptors (Lipinski definition) is 4. The number of hydrogen-bond donors (Lipinski definition) is 1. The van der Waals surface area contributed by atoms with E-state index in [1.165, 1.54) is 32.1 Å². The molecule has 4 nitrogen and oxygen atoms in total. The van der Waals surface area contributed by atoms with Crippen molar-refractivity contribution in [1.82, 2.24) is 0 Å². The van der Waals surface area contributed by atoms with Crippen LogP contribution in [0.25, 0.3) is 0 Å². The van der Waals surface area contributed by atoms with Gasteiger partial charge in [-0.3, -0.25) is 9.59 Å². The normalized spacial score (nSPS) is 46.5. The molecular weight excluding hydrogens is 374 g/mol. The van der Waals surface area contributed by atoms with Crippen LogP contribution in [0.4, 0.5) is 0 Å². The van der Waals surface area contributed by atoms with Crippen LogP contribution in [0.15, 0.2) is 0 Å². The van der Waals surface area contributed by atoms with Crippen molar-refractivity contribution in [3.8, 4) is 0 Å². The molecule has 0 aromatic heterocycles. The second-order valence-electron chi connectivity index (χ2n) is 12.0. The Kier molecular flexibility index (Phi) is 5.87. The van der Waals surface area contributed by atoms with Crippen LogP contribution in [0.5, 0.6) is 0 Å². The summed E-state index contributed by atoms with van der Waals surface area (Å²) in [6.07, 6.45) is 10.6. The predicted molar refractivity (Wildman–Crippen MR) is 119 cm³/mol. The minimum atomic E-state index is -0.512. The van der Waals surface area contributed by atoms with Gasteiger partial charge in [0.15, 0.2) is 0 Å². The first-order chi connectivity index (χ1) is 14.1. The van der Waals surface area contributed by atoms with E-state index in [0.29, 0.717) is 17.1 Å². The summed E-state index contributed by atoms with van der Waals surface area (Å²) in [6.45, 7) is 10.7. The van der Waals surface area contributed by atoms with Gasteiger partial charge in [-0.1, -0.05) is 27.7 Å². The maximum absolute atomic E-state index is 12.4. The van der Waals surface area contributed by atoms with Gasteiger partial charge in [-0.05, 0) is 105 Å². The zero-order chi connectivity index (χ0) is 21.8. The fraction of sp³-hybridized carbons (Fsp3) is 0.923. The number of fused-ring (bicyclic) bond motifs is 5. The van der Waals surface area contributed by atoms with E-state index >= 15 is 0 Å². The number of esters is 1. The Morgan fingerprint density at radius 3 is 2.27 bits per heavy atom. The Labute approximate surface area is 183 Å². The molecule has 9 atom stereocenters. The molecular formula is C26H43NO3.